The van der Waals surface area contributed by atoms with Crippen molar-refractivity contribution >= 4 is 0 Å². The van der Waals surface area contributed by atoms with Crippen LogP contribution in [-0.4, -0.2) is 19.8 Å². The first-order valence-corrected chi connectivity index (χ1v) is 6.85. The number of nitrogens with one attached hydrogen (secondary N) is 1. The Morgan fingerprint density at radius 3 is 2.83 bits per heavy atom. The van der Waals surface area contributed by atoms with E-state index in [4.69, 9.17) is 9.47 Å². The van der Waals surface area contributed by atoms with Crippen molar-refractivity contribution in [2.75, 3.05) is 13.7 Å². The summed E-state index contributed by atoms with van der Waals surface area (Å²) in [6, 6.07) is 5.43. The predicted molar refractivity (Wildman–Crippen MR) is 71.4 cm³/mol. The Labute approximate surface area is 108 Å². The molecule has 1 unspecified atom stereocenters. The molecule has 18 heavy (non-hydrogen) atoms. The van der Waals surface area contributed by atoms with Crippen LogP contribution >= 0.6 is 0 Å². The maximum atomic E-state index is 5.89. The zero-order chi connectivity index (χ0) is 12.5. The van der Waals surface area contributed by atoms with Crippen molar-refractivity contribution in [3.8, 4) is 11.5 Å². The Morgan fingerprint density at radius 1 is 1.28 bits per heavy atom. The highest BCUT2D eigenvalue weighted by Gasteiger charge is 2.29. The molecule has 1 aromatic carbocycles. The molecule has 1 aliphatic carbocycles. The summed E-state index contributed by atoms with van der Waals surface area (Å²) in [6.07, 6.45) is 4.88. The average molecular weight is 247 g/mol. The van der Waals surface area contributed by atoms with Crippen LogP contribution in [-0.2, 0) is 0 Å². The van der Waals surface area contributed by atoms with Gasteiger partial charge < -0.3 is 14.8 Å². The van der Waals surface area contributed by atoms with Crippen molar-refractivity contribution in [1.29, 1.82) is 0 Å². The highest BCUT2D eigenvalue weighted by Crippen LogP contribution is 2.40. The molecular formula is C15H21NO2. The molecule has 0 radical (unpaired) electrons. The number of benzene rings is 1. The van der Waals surface area contributed by atoms with Crippen LogP contribution < -0.4 is 14.8 Å². The van der Waals surface area contributed by atoms with Gasteiger partial charge in [-0.1, -0.05) is 6.07 Å². The molecule has 1 aromatic rings. The molecule has 0 amide bonds. The van der Waals surface area contributed by atoms with Gasteiger partial charge in [0.2, 0.25) is 0 Å². The van der Waals surface area contributed by atoms with Gasteiger partial charge >= 0.3 is 0 Å². The number of ether oxygens (including phenoxy) is 2. The lowest BCUT2D eigenvalue weighted by Gasteiger charge is -2.20. The van der Waals surface area contributed by atoms with Gasteiger partial charge in [-0.3, -0.25) is 0 Å². The van der Waals surface area contributed by atoms with Crippen LogP contribution in [0.4, 0.5) is 0 Å². The minimum Gasteiger partial charge on any atom is -0.493 e. The quantitative estimate of drug-likeness (QED) is 0.890. The van der Waals surface area contributed by atoms with Crippen molar-refractivity contribution in [3.05, 3.63) is 23.3 Å². The van der Waals surface area contributed by atoms with Gasteiger partial charge in [-0.15, -0.1) is 0 Å². The van der Waals surface area contributed by atoms with Crippen LogP contribution in [0.2, 0.25) is 0 Å². The van der Waals surface area contributed by atoms with E-state index in [1.165, 1.54) is 24.0 Å². The molecule has 0 saturated heterocycles. The molecule has 3 heteroatoms. The van der Waals surface area contributed by atoms with E-state index >= 15 is 0 Å². The predicted octanol–water partition coefficient (Wildman–Crippen LogP) is 2.97. The number of methoxy groups -OCH3 is 1. The summed E-state index contributed by atoms with van der Waals surface area (Å²) in [5, 5.41) is 3.73. The van der Waals surface area contributed by atoms with Gasteiger partial charge in [-0.2, -0.15) is 0 Å². The van der Waals surface area contributed by atoms with E-state index in [0.29, 0.717) is 12.1 Å². The standard InChI is InChI=1S/C15H21NO2/c1-10-8-12-13(16-11-5-6-11)4-3-7-18-15(12)14(9-10)17-2/h8-9,11,13,16H,3-7H2,1-2H3. The van der Waals surface area contributed by atoms with Crippen LogP contribution in [0, 0.1) is 6.92 Å². The topological polar surface area (TPSA) is 30.5 Å². The summed E-state index contributed by atoms with van der Waals surface area (Å²) < 4.78 is 11.4. The molecule has 1 heterocycles. The molecule has 2 aliphatic rings. The highest BCUT2D eigenvalue weighted by atomic mass is 16.5. The maximum absolute atomic E-state index is 5.89. The number of aryl methyl sites for hydroxylation is 1. The molecule has 1 fully saturated rings. The summed E-state index contributed by atoms with van der Waals surface area (Å²) in [5.41, 5.74) is 2.51. The zero-order valence-corrected chi connectivity index (χ0v) is 11.2. The Hall–Kier alpha value is -1.22. The van der Waals surface area contributed by atoms with Crippen LogP contribution in [0.15, 0.2) is 12.1 Å². The molecule has 0 bridgehead atoms. The fourth-order valence-corrected chi connectivity index (χ4v) is 2.66. The third kappa shape index (κ3) is 2.32. The summed E-state index contributed by atoms with van der Waals surface area (Å²) in [4.78, 5) is 0. The molecule has 3 nitrogen and oxygen atoms in total. The summed E-state index contributed by atoms with van der Waals surface area (Å²) in [7, 11) is 1.71. The minimum atomic E-state index is 0.420. The fraction of sp³-hybridized carbons (Fsp3) is 0.600. The monoisotopic (exact) mass is 247 g/mol. The van der Waals surface area contributed by atoms with E-state index in [2.05, 4.69) is 24.4 Å². The number of rotatable bonds is 3. The number of hydrogen-bond donors (Lipinski definition) is 1. The smallest absolute Gasteiger partial charge is 0.165 e. The van der Waals surface area contributed by atoms with Crippen LogP contribution in [0.1, 0.15) is 42.9 Å². The van der Waals surface area contributed by atoms with E-state index in [-0.39, 0.29) is 0 Å². The van der Waals surface area contributed by atoms with Crippen LogP contribution in [0.25, 0.3) is 0 Å². The lowest BCUT2D eigenvalue weighted by atomic mass is 9.99. The molecule has 98 valence electrons. The van der Waals surface area contributed by atoms with Crippen molar-refractivity contribution in [3.63, 3.8) is 0 Å². The second-order valence-corrected chi connectivity index (χ2v) is 5.37. The average Bonchev–Trinajstić information content (AvgIpc) is 3.18. The molecular weight excluding hydrogens is 226 g/mol. The summed E-state index contributed by atoms with van der Waals surface area (Å²) >= 11 is 0. The molecule has 1 atom stereocenters. The first-order valence-electron chi connectivity index (χ1n) is 6.85. The van der Waals surface area contributed by atoms with Gasteiger partial charge in [0.15, 0.2) is 11.5 Å². The Bertz CT molecular complexity index is 440. The molecule has 0 spiro atoms. The van der Waals surface area contributed by atoms with Crippen molar-refractivity contribution in [1.82, 2.24) is 5.32 Å². The first kappa shape index (κ1) is 11.8. The van der Waals surface area contributed by atoms with Crippen molar-refractivity contribution in [2.24, 2.45) is 0 Å². The lowest BCUT2D eigenvalue weighted by molar-refractivity contribution is 0.294. The fourth-order valence-electron chi connectivity index (χ4n) is 2.66. The lowest BCUT2D eigenvalue weighted by Crippen LogP contribution is -2.23. The van der Waals surface area contributed by atoms with Crippen LogP contribution in [0.3, 0.4) is 0 Å². The van der Waals surface area contributed by atoms with Crippen molar-refractivity contribution < 1.29 is 9.47 Å². The van der Waals surface area contributed by atoms with Crippen LogP contribution in [0.5, 0.6) is 11.5 Å². The largest absolute Gasteiger partial charge is 0.493 e. The normalized spacial score (nSPS) is 22.9. The third-order valence-electron chi connectivity index (χ3n) is 3.72. The van der Waals surface area contributed by atoms with E-state index in [1.54, 1.807) is 7.11 Å². The van der Waals surface area contributed by atoms with E-state index in [1.807, 2.05) is 0 Å². The van der Waals surface area contributed by atoms with E-state index < -0.39 is 0 Å². The number of fused-ring (bicyclic) bond motifs is 1. The Balaban J connectivity index is 1.98. The van der Waals surface area contributed by atoms with E-state index in [0.717, 1.165) is 30.9 Å². The maximum Gasteiger partial charge on any atom is 0.165 e. The van der Waals surface area contributed by atoms with Gasteiger partial charge in [0.1, 0.15) is 0 Å². The molecule has 3 rings (SSSR count). The molecule has 1 saturated carbocycles. The second kappa shape index (κ2) is 4.81. The third-order valence-corrected chi connectivity index (χ3v) is 3.72. The summed E-state index contributed by atoms with van der Waals surface area (Å²) in [6.45, 7) is 2.90. The van der Waals surface area contributed by atoms with Gasteiger partial charge in [0, 0.05) is 17.6 Å². The van der Waals surface area contributed by atoms with Gasteiger partial charge in [0.25, 0.3) is 0 Å². The number of hydrogen-bond acceptors (Lipinski definition) is 3. The Morgan fingerprint density at radius 2 is 2.11 bits per heavy atom. The minimum absolute atomic E-state index is 0.420. The highest BCUT2D eigenvalue weighted by molar-refractivity contribution is 5.51. The van der Waals surface area contributed by atoms with Gasteiger partial charge in [-0.25, -0.2) is 0 Å². The van der Waals surface area contributed by atoms with E-state index in [9.17, 15) is 0 Å². The molecule has 0 aromatic heterocycles. The molecule has 1 aliphatic heterocycles. The second-order valence-electron chi connectivity index (χ2n) is 5.37. The SMILES string of the molecule is COc1cc(C)cc2c1OCCCC2NC1CC1. The summed E-state index contributed by atoms with van der Waals surface area (Å²) in [5.74, 6) is 1.81. The van der Waals surface area contributed by atoms with Crippen molar-refractivity contribution in [2.45, 2.75) is 44.7 Å². The van der Waals surface area contributed by atoms with Gasteiger partial charge in [-0.05, 0) is 44.2 Å². The molecule has 1 N–H and O–H groups in total. The Kier molecular flexibility index (Phi) is 3.16. The first-order chi connectivity index (χ1) is 8.78. The zero-order valence-electron chi connectivity index (χ0n) is 11.2. The van der Waals surface area contributed by atoms with Gasteiger partial charge in [0.05, 0.1) is 13.7 Å².